The van der Waals surface area contributed by atoms with Gasteiger partial charge in [0.25, 0.3) is 0 Å². The molecule has 2 aromatic carbocycles. The molecule has 2 heterocycles. The predicted octanol–water partition coefficient (Wildman–Crippen LogP) is 2.12. The van der Waals surface area contributed by atoms with Crippen molar-refractivity contribution in [3.05, 3.63) is 76.6 Å². The molecule has 0 aliphatic rings. The van der Waals surface area contributed by atoms with Crippen molar-refractivity contribution in [1.29, 1.82) is 10.5 Å². The number of nitriles is 2. The molecule has 63 heavy (non-hydrogen) atoms. The summed E-state index contributed by atoms with van der Waals surface area (Å²) in [5.74, 6) is -5.94. The number of oxazole rings is 1. The molecule has 4 rings (SSSR count). The number of carboxylic acid groups (broad SMARTS) is 2. The van der Waals surface area contributed by atoms with Crippen molar-refractivity contribution in [1.82, 2.24) is 20.6 Å². The monoisotopic (exact) mass is 905 g/mol. The number of rotatable bonds is 21. The Balaban J connectivity index is 1.49. The smallest absolute Gasteiger partial charge is 0.328 e. The van der Waals surface area contributed by atoms with Crippen molar-refractivity contribution < 1.29 is 57.6 Å². The fraction of sp³-hybridized carbons (Fsp3) is 0.300. The number of carbonyl (C=O) groups is 6. The van der Waals surface area contributed by atoms with E-state index in [-0.39, 0.29) is 39.0 Å². The van der Waals surface area contributed by atoms with Crippen molar-refractivity contribution >= 4 is 64.9 Å². The number of benzene rings is 2. The molecule has 10 N–H and O–H groups in total. The number of hydrogen-bond acceptors (Lipinski definition) is 18. The van der Waals surface area contributed by atoms with E-state index < -0.39 is 92.0 Å². The molecule has 2 aromatic heterocycles. The van der Waals surface area contributed by atoms with Crippen LogP contribution in [0.15, 0.2) is 64.2 Å². The molecule has 0 spiro atoms. The molecular formula is C40H40ClN9O12S. The molecule has 0 saturated carbocycles. The maximum absolute atomic E-state index is 13.0. The summed E-state index contributed by atoms with van der Waals surface area (Å²) < 4.78 is 22.2. The molecule has 0 fully saturated rings. The zero-order chi connectivity index (χ0) is 46.4. The van der Waals surface area contributed by atoms with Gasteiger partial charge in [0.15, 0.2) is 6.10 Å². The number of anilines is 1. The minimum Gasteiger partial charge on any atom is -0.490 e. The maximum Gasteiger partial charge on any atom is 0.328 e. The highest BCUT2D eigenvalue weighted by Gasteiger charge is 2.28. The summed E-state index contributed by atoms with van der Waals surface area (Å²) in [6, 6.07) is 11.4. The van der Waals surface area contributed by atoms with Gasteiger partial charge >= 0.3 is 23.9 Å². The van der Waals surface area contributed by atoms with Crippen LogP contribution in [0.3, 0.4) is 0 Å². The van der Waals surface area contributed by atoms with Gasteiger partial charge in [0.05, 0.1) is 24.1 Å². The number of aliphatic carboxylic acids is 2. The predicted molar refractivity (Wildman–Crippen MR) is 222 cm³/mol. The Morgan fingerprint density at radius 1 is 0.825 bits per heavy atom. The SMILES string of the molecule is CC(NC(=O)CC(N)C(=O)O)C(=O)OCC(COc1ccc(-c2c(C#N)c(N)nc(SCc3coc(-c4ccc(Cl)cc4)n3)c2C#N)cc1)OC(=O)C(C)NC(=O)CC(N)C(=O)O. The number of nitrogens with one attached hydrogen (secondary N) is 2. The number of hydrogen-bond donors (Lipinski definition) is 7. The number of esters is 2. The van der Waals surface area contributed by atoms with Crippen LogP contribution in [0, 0.1) is 22.7 Å². The number of nitrogens with two attached hydrogens (primary N) is 3. The first-order chi connectivity index (χ1) is 29.9. The highest BCUT2D eigenvalue weighted by atomic mass is 35.5. The summed E-state index contributed by atoms with van der Waals surface area (Å²) in [5, 5.41) is 43.5. The van der Waals surface area contributed by atoms with E-state index in [1.165, 1.54) is 44.4 Å². The molecule has 2 amide bonds. The third-order valence-corrected chi connectivity index (χ3v) is 9.86. The summed E-state index contributed by atoms with van der Waals surface area (Å²) >= 11 is 7.13. The number of amides is 2. The number of ether oxygens (including phenoxy) is 3. The van der Waals surface area contributed by atoms with Crippen LogP contribution in [0.5, 0.6) is 5.75 Å². The van der Waals surface area contributed by atoms with Crippen LogP contribution in [-0.4, -0.2) is 99.4 Å². The number of nitrogens with zero attached hydrogens (tertiary/aromatic N) is 4. The number of nitrogen functional groups attached to an aromatic ring is 1. The lowest BCUT2D eigenvalue weighted by atomic mass is 9.97. The van der Waals surface area contributed by atoms with E-state index in [1.807, 2.05) is 6.07 Å². The Morgan fingerprint density at radius 3 is 1.94 bits per heavy atom. The van der Waals surface area contributed by atoms with Gasteiger partial charge in [0, 0.05) is 21.9 Å². The van der Waals surface area contributed by atoms with Crippen LogP contribution >= 0.6 is 23.4 Å². The van der Waals surface area contributed by atoms with Crippen LogP contribution in [-0.2, 0) is 44.0 Å². The Kier molecular flexibility index (Phi) is 17.3. The largest absolute Gasteiger partial charge is 0.490 e. The van der Waals surface area contributed by atoms with Crippen molar-refractivity contribution in [3.63, 3.8) is 0 Å². The Morgan fingerprint density at radius 2 is 1.38 bits per heavy atom. The van der Waals surface area contributed by atoms with Gasteiger partial charge in [-0.25, -0.2) is 19.6 Å². The second-order valence-electron chi connectivity index (χ2n) is 13.5. The zero-order valence-electron chi connectivity index (χ0n) is 33.4. The first-order valence-electron chi connectivity index (χ1n) is 18.5. The fourth-order valence-electron chi connectivity index (χ4n) is 5.31. The van der Waals surface area contributed by atoms with Crippen LogP contribution in [0.2, 0.25) is 5.02 Å². The lowest BCUT2D eigenvalue weighted by Crippen LogP contribution is -2.46. The van der Waals surface area contributed by atoms with E-state index in [4.69, 9.17) is 57.6 Å². The number of carbonyl (C=O) groups excluding carboxylic acids is 4. The summed E-state index contributed by atoms with van der Waals surface area (Å²) in [7, 11) is 0. The van der Waals surface area contributed by atoms with Crippen LogP contribution in [0.4, 0.5) is 5.82 Å². The lowest BCUT2D eigenvalue weighted by Gasteiger charge is -2.22. The Bertz CT molecular complexity index is 2420. The molecule has 330 valence electrons. The summed E-state index contributed by atoms with van der Waals surface area (Å²) in [4.78, 5) is 81.0. The molecule has 0 bridgehead atoms. The Labute approximate surface area is 367 Å². The highest BCUT2D eigenvalue weighted by molar-refractivity contribution is 7.98. The molecule has 0 saturated heterocycles. The average Bonchev–Trinajstić information content (AvgIpc) is 3.72. The van der Waals surface area contributed by atoms with Crippen molar-refractivity contribution in [2.24, 2.45) is 11.5 Å². The molecule has 5 atom stereocenters. The number of thioether (sulfide) groups is 1. The van der Waals surface area contributed by atoms with Gasteiger partial charge in [0.1, 0.15) is 77.9 Å². The quantitative estimate of drug-likeness (QED) is 0.0465. The summed E-state index contributed by atoms with van der Waals surface area (Å²) in [5.41, 5.74) is 18.8. The van der Waals surface area contributed by atoms with Gasteiger partial charge in [-0.3, -0.25) is 19.2 Å². The lowest BCUT2D eigenvalue weighted by molar-refractivity contribution is -0.163. The third kappa shape index (κ3) is 13.9. The van der Waals surface area contributed by atoms with Crippen molar-refractivity contribution in [2.75, 3.05) is 18.9 Å². The van der Waals surface area contributed by atoms with Gasteiger partial charge in [-0.2, -0.15) is 10.5 Å². The molecule has 0 aliphatic heterocycles. The second kappa shape index (κ2) is 22.6. The molecule has 5 unspecified atom stereocenters. The molecule has 23 heteroatoms. The molecule has 0 radical (unpaired) electrons. The van der Waals surface area contributed by atoms with E-state index in [9.17, 15) is 39.3 Å². The molecular weight excluding hydrogens is 866 g/mol. The summed E-state index contributed by atoms with van der Waals surface area (Å²) in [6.07, 6.45) is -1.13. The van der Waals surface area contributed by atoms with Crippen LogP contribution < -0.4 is 32.6 Å². The minimum absolute atomic E-state index is 0.0499. The third-order valence-electron chi connectivity index (χ3n) is 8.60. The van der Waals surface area contributed by atoms with E-state index in [2.05, 4.69) is 26.7 Å². The van der Waals surface area contributed by atoms with E-state index in [1.54, 1.807) is 24.3 Å². The molecule has 4 aromatic rings. The average molecular weight is 906 g/mol. The fourth-order valence-corrected chi connectivity index (χ4v) is 6.31. The van der Waals surface area contributed by atoms with Gasteiger partial charge < -0.3 is 56.7 Å². The first-order valence-corrected chi connectivity index (χ1v) is 19.9. The first kappa shape index (κ1) is 48.4. The standard InChI is InChI=1S/C40H40ClN9O12S/c1-19(47-31(51)11-29(44)37(53)54)39(57)61-17-26(62-40(58)20(2)48-32(52)12-30(45)38(55)56)16-59-25-9-5-21(6-10-25)33-27(13-42)34(46)50-36(28(33)14-43)63-18-24-15-60-35(49-24)22-3-7-23(41)8-4-22/h3-10,15,19-20,26,29-30H,11-12,16-18,44-45H2,1-2H3,(H2,46,50)(H,47,51)(H,48,52)(H,53,54)(H,55,56). The Hall–Kier alpha value is -7.24. The van der Waals surface area contributed by atoms with E-state index in [0.29, 0.717) is 27.7 Å². The van der Waals surface area contributed by atoms with Gasteiger partial charge in [-0.1, -0.05) is 35.5 Å². The summed E-state index contributed by atoms with van der Waals surface area (Å²) in [6.45, 7) is 1.43. The van der Waals surface area contributed by atoms with Crippen LogP contribution in [0.25, 0.3) is 22.6 Å². The molecule has 0 aliphatic carbocycles. The maximum atomic E-state index is 13.0. The van der Waals surface area contributed by atoms with Crippen LogP contribution in [0.1, 0.15) is 43.5 Å². The highest BCUT2D eigenvalue weighted by Crippen LogP contribution is 2.37. The number of aromatic nitrogens is 2. The van der Waals surface area contributed by atoms with Gasteiger partial charge in [-0.15, -0.1) is 0 Å². The number of pyridine rings is 1. The number of halogens is 1. The van der Waals surface area contributed by atoms with E-state index in [0.717, 1.165) is 11.8 Å². The zero-order valence-corrected chi connectivity index (χ0v) is 35.0. The van der Waals surface area contributed by atoms with Crippen molar-refractivity contribution in [2.45, 2.75) is 67.7 Å². The normalized spacial score (nSPS) is 13.1. The van der Waals surface area contributed by atoms with Gasteiger partial charge in [0.2, 0.25) is 17.7 Å². The topological polar surface area (TPSA) is 359 Å². The minimum atomic E-state index is -1.53. The van der Waals surface area contributed by atoms with Crippen molar-refractivity contribution in [3.8, 4) is 40.5 Å². The van der Waals surface area contributed by atoms with Gasteiger partial charge in [-0.05, 0) is 55.8 Å². The molecule has 21 nitrogen and oxygen atoms in total. The number of carboxylic acids is 2. The second-order valence-corrected chi connectivity index (χ2v) is 14.9. The van der Waals surface area contributed by atoms with E-state index >= 15 is 0 Å².